The quantitative estimate of drug-likeness (QED) is 0.390. The molecular formula is C5H12N2O. The molecule has 0 aromatic rings. The molecule has 0 spiro atoms. The monoisotopic (exact) mass is 116 g/mol. The van der Waals surface area contributed by atoms with Crippen LogP contribution in [0.2, 0.25) is 0 Å². The van der Waals surface area contributed by atoms with Gasteiger partial charge in [-0.15, -0.1) is 0 Å². The van der Waals surface area contributed by atoms with Crippen LogP contribution < -0.4 is 11.3 Å². The molecule has 1 heterocycles. The first kappa shape index (κ1) is 6.01. The number of hydrazine groups is 1. The first-order valence-electron chi connectivity index (χ1n) is 2.98. The molecule has 8 heavy (non-hydrogen) atoms. The maximum absolute atomic E-state index is 5.14. The third-order valence-corrected chi connectivity index (χ3v) is 1.40. The summed E-state index contributed by atoms with van der Waals surface area (Å²) in [6.45, 7) is 1.81. The van der Waals surface area contributed by atoms with E-state index in [1.54, 1.807) is 0 Å². The molecular weight excluding hydrogens is 104 g/mol. The zero-order valence-electron chi connectivity index (χ0n) is 4.89. The molecule has 0 aliphatic carbocycles. The molecule has 1 aliphatic heterocycles. The Balaban J connectivity index is 1.86. The van der Waals surface area contributed by atoms with E-state index in [2.05, 4.69) is 5.43 Å². The highest BCUT2D eigenvalue weighted by molar-refractivity contribution is 4.66. The fourth-order valence-corrected chi connectivity index (χ4v) is 0.757. The van der Waals surface area contributed by atoms with Gasteiger partial charge in [0, 0.05) is 13.2 Å². The van der Waals surface area contributed by atoms with Crippen molar-refractivity contribution < 1.29 is 4.74 Å². The third-order valence-electron chi connectivity index (χ3n) is 1.40. The molecule has 1 fully saturated rings. The molecule has 1 atom stereocenters. The molecule has 0 aromatic carbocycles. The van der Waals surface area contributed by atoms with E-state index in [-0.39, 0.29) is 0 Å². The Morgan fingerprint density at radius 1 is 1.75 bits per heavy atom. The highest BCUT2D eigenvalue weighted by Crippen LogP contribution is 2.12. The lowest BCUT2D eigenvalue weighted by atomic mass is 10.1. The van der Waals surface area contributed by atoms with Crippen LogP contribution in [0, 0.1) is 0 Å². The average molecular weight is 116 g/mol. The molecule has 1 rings (SSSR count). The van der Waals surface area contributed by atoms with Crippen molar-refractivity contribution in [2.45, 2.75) is 18.9 Å². The van der Waals surface area contributed by atoms with Crippen LogP contribution in [-0.2, 0) is 4.74 Å². The molecule has 0 amide bonds. The first-order chi connectivity index (χ1) is 3.93. The standard InChI is InChI=1S/C5H12N2O/c6-7-3-1-5-2-4-8-5/h5,7H,1-4,6H2. The minimum Gasteiger partial charge on any atom is -0.378 e. The zero-order valence-corrected chi connectivity index (χ0v) is 4.89. The summed E-state index contributed by atoms with van der Waals surface area (Å²) in [7, 11) is 0. The second-order valence-electron chi connectivity index (χ2n) is 2.02. The lowest BCUT2D eigenvalue weighted by Gasteiger charge is -2.25. The molecule has 0 saturated carbocycles. The van der Waals surface area contributed by atoms with Crippen LogP contribution in [0.4, 0.5) is 0 Å². The van der Waals surface area contributed by atoms with Gasteiger partial charge in [0.05, 0.1) is 6.10 Å². The normalized spacial score (nSPS) is 27.4. The Bertz CT molecular complexity index is 63.4. The smallest absolute Gasteiger partial charge is 0.0609 e. The van der Waals surface area contributed by atoms with Crippen LogP contribution in [-0.4, -0.2) is 19.3 Å². The molecule has 1 saturated heterocycles. The van der Waals surface area contributed by atoms with Crippen molar-refractivity contribution in [3.05, 3.63) is 0 Å². The van der Waals surface area contributed by atoms with Crippen molar-refractivity contribution in [3.63, 3.8) is 0 Å². The summed E-state index contributed by atoms with van der Waals surface area (Å²) >= 11 is 0. The van der Waals surface area contributed by atoms with Gasteiger partial charge in [0.15, 0.2) is 0 Å². The summed E-state index contributed by atoms with van der Waals surface area (Å²) in [6.07, 6.45) is 2.75. The van der Waals surface area contributed by atoms with Gasteiger partial charge in [0.2, 0.25) is 0 Å². The van der Waals surface area contributed by atoms with Crippen molar-refractivity contribution in [1.29, 1.82) is 0 Å². The Morgan fingerprint density at radius 3 is 2.88 bits per heavy atom. The number of nitrogens with two attached hydrogens (primary N) is 1. The van der Waals surface area contributed by atoms with Gasteiger partial charge in [-0.05, 0) is 12.8 Å². The molecule has 0 radical (unpaired) electrons. The molecule has 3 nitrogen and oxygen atoms in total. The average Bonchev–Trinajstić information content (AvgIpc) is 1.63. The molecule has 1 unspecified atom stereocenters. The molecule has 0 bridgehead atoms. The summed E-state index contributed by atoms with van der Waals surface area (Å²) in [5.41, 5.74) is 2.59. The van der Waals surface area contributed by atoms with E-state index < -0.39 is 0 Å². The SMILES string of the molecule is NNCCC1CCO1. The third kappa shape index (κ3) is 1.43. The van der Waals surface area contributed by atoms with Gasteiger partial charge in [0.1, 0.15) is 0 Å². The van der Waals surface area contributed by atoms with Gasteiger partial charge >= 0.3 is 0 Å². The number of hydrogen-bond donors (Lipinski definition) is 2. The van der Waals surface area contributed by atoms with Gasteiger partial charge in [-0.2, -0.15) is 0 Å². The number of rotatable bonds is 3. The van der Waals surface area contributed by atoms with Gasteiger partial charge in [-0.1, -0.05) is 0 Å². The van der Waals surface area contributed by atoms with E-state index in [1.165, 1.54) is 6.42 Å². The fourth-order valence-electron chi connectivity index (χ4n) is 0.757. The van der Waals surface area contributed by atoms with Gasteiger partial charge in [-0.25, -0.2) is 0 Å². The van der Waals surface area contributed by atoms with Gasteiger partial charge in [0.25, 0.3) is 0 Å². The lowest BCUT2D eigenvalue weighted by Crippen LogP contribution is -2.32. The first-order valence-corrected chi connectivity index (χ1v) is 2.98. The highest BCUT2D eigenvalue weighted by atomic mass is 16.5. The van der Waals surface area contributed by atoms with Crippen molar-refractivity contribution in [1.82, 2.24) is 5.43 Å². The largest absolute Gasteiger partial charge is 0.378 e. The minimum absolute atomic E-state index is 0.492. The Labute approximate surface area is 49.2 Å². The Hall–Kier alpha value is -0.120. The van der Waals surface area contributed by atoms with Crippen molar-refractivity contribution in [2.75, 3.05) is 13.2 Å². The maximum atomic E-state index is 5.14. The molecule has 3 N–H and O–H groups in total. The summed E-state index contributed by atoms with van der Waals surface area (Å²) in [4.78, 5) is 0. The van der Waals surface area contributed by atoms with Crippen LogP contribution in [0.15, 0.2) is 0 Å². The van der Waals surface area contributed by atoms with Crippen LogP contribution in [0.3, 0.4) is 0 Å². The summed E-state index contributed by atoms with van der Waals surface area (Å²) in [5, 5.41) is 0. The fraction of sp³-hybridized carbons (Fsp3) is 1.00. The van der Waals surface area contributed by atoms with E-state index in [1.807, 2.05) is 0 Å². The summed E-state index contributed by atoms with van der Waals surface area (Å²) < 4.78 is 5.14. The summed E-state index contributed by atoms with van der Waals surface area (Å²) in [6, 6.07) is 0. The Kier molecular flexibility index (Phi) is 2.27. The van der Waals surface area contributed by atoms with Crippen LogP contribution >= 0.6 is 0 Å². The van der Waals surface area contributed by atoms with E-state index in [0.29, 0.717) is 6.10 Å². The topological polar surface area (TPSA) is 47.3 Å². The predicted octanol–water partition coefficient (Wildman–Crippen LogP) is -0.371. The van der Waals surface area contributed by atoms with Crippen LogP contribution in [0.1, 0.15) is 12.8 Å². The lowest BCUT2D eigenvalue weighted by molar-refractivity contribution is -0.0539. The zero-order chi connectivity index (χ0) is 5.82. The van der Waals surface area contributed by atoms with Crippen molar-refractivity contribution in [2.24, 2.45) is 5.84 Å². The van der Waals surface area contributed by atoms with E-state index in [0.717, 1.165) is 19.6 Å². The highest BCUT2D eigenvalue weighted by Gasteiger charge is 2.16. The van der Waals surface area contributed by atoms with Crippen LogP contribution in [0.5, 0.6) is 0 Å². The Morgan fingerprint density at radius 2 is 2.50 bits per heavy atom. The van der Waals surface area contributed by atoms with Crippen molar-refractivity contribution >= 4 is 0 Å². The van der Waals surface area contributed by atoms with E-state index in [9.17, 15) is 0 Å². The van der Waals surface area contributed by atoms with Crippen LogP contribution in [0.25, 0.3) is 0 Å². The molecule has 48 valence electrons. The summed E-state index contributed by atoms with van der Waals surface area (Å²) in [5.74, 6) is 5.05. The maximum Gasteiger partial charge on any atom is 0.0609 e. The minimum atomic E-state index is 0.492. The van der Waals surface area contributed by atoms with Crippen molar-refractivity contribution in [3.8, 4) is 0 Å². The number of nitrogens with one attached hydrogen (secondary N) is 1. The second kappa shape index (κ2) is 3.02. The van der Waals surface area contributed by atoms with E-state index >= 15 is 0 Å². The molecule has 0 aromatic heterocycles. The number of ether oxygens (including phenoxy) is 1. The van der Waals surface area contributed by atoms with Gasteiger partial charge < -0.3 is 4.74 Å². The van der Waals surface area contributed by atoms with Gasteiger partial charge in [-0.3, -0.25) is 11.3 Å². The predicted molar refractivity (Wildman–Crippen MR) is 31.2 cm³/mol. The molecule has 3 heteroatoms. The van der Waals surface area contributed by atoms with E-state index in [4.69, 9.17) is 10.6 Å². The second-order valence-corrected chi connectivity index (χ2v) is 2.02. The molecule has 1 aliphatic rings. The number of hydrogen-bond acceptors (Lipinski definition) is 3.